The SMILES string of the molecule is CCCC(C)(Br)CCn1cnc2ncnc(NO)c21. The monoisotopic (exact) mass is 327 g/mol. The molecule has 2 N–H and O–H groups in total. The van der Waals surface area contributed by atoms with Gasteiger partial charge >= 0.3 is 0 Å². The Balaban J connectivity index is 2.22. The fourth-order valence-electron chi connectivity index (χ4n) is 2.16. The lowest BCUT2D eigenvalue weighted by molar-refractivity contribution is 0.386. The number of alkyl halides is 1. The number of aryl methyl sites for hydroxylation is 1. The molecule has 7 heteroatoms. The largest absolute Gasteiger partial charge is 0.326 e. The van der Waals surface area contributed by atoms with Crippen molar-refractivity contribution in [2.45, 2.75) is 44.0 Å². The van der Waals surface area contributed by atoms with E-state index in [-0.39, 0.29) is 4.32 Å². The first-order chi connectivity index (χ1) is 9.07. The third kappa shape index (κ3) is 3.22. The minimum absolute atomic E-state index is 0.112. The molecule has 0 fully saturated rings. The average Bonchev–Trinajstić information content (AvgIpc) is 2.79. The normalized spacial score (nSPS) is 14.5. The van der Waals surface area contributed by atoms with Crippen molar-refractivity contribution >= 4 is 32.9 Å². The number of anilines is 1. The second kappa shape index (κ2) is 5.83. The van der Waals surface area contributed by atoms with E-state index in [0.717, 1.165) is 31.3 Å². The van der Waals surface area contributed by atoms with Crippen molar-refractivity contribution in [3.05, 3.63) is 12.7 Å². The molecule has 2 rings (SSSR count). The van der Waals surface area contributed by atoms with Crippen LogP contribution >= 0.6 is 15.9 Å². The smallest absolute Gasteiger partial charge is 0.183 e. The van der Waals surface area contributed by atoms with Gasteiger partial charge in [-0.3, -0.25) is 10.7 Å². The van der Waals surface area contributed by atoms with Crippen LogP contribution in [0.3, 0.4) is 0 Å². The highest BCUT2D eigenvalue weighted by atomic mass is 79.9. The number of aromatic nitrogens is 4. The first kappa shape index (κ1) is 14.2. The number of rotatable bonds is 6. The van der Waals surface area contributed by atoms with Crippen LogP contribution in [0, 0.1) is 0 Å². The number of nitrogens with zero attached hydrogens (tertiary/aromatic N) is 4. The number of hydrogen-bond donors (Lipinski definition) is 2. The van der Waals surface area contributed by atoms with E-state index < -0.39 is 0 Å². The van der Waals surface area contributed by atoms with Crippen molar-refractivity contribution in [1.29, 1.82) is 0 Å². The van der Waals surface area contributed by atoms with Crippen molar-refractivity contribution in [2.24, 2.45) is 0 Å². The highest BCUT2D eigenvalue weighted by Crippen LogP contribution is 2.29. The van der Waals surface area contributed by atoms with E-state index in [1.165, 1.54) is 6.33 Å². The molecule has 0 aliphatic carbocycles. The molecule has 0 saturated heterocycles. The zero-order valence-corrected chi connectivity index (χ0v) is 12.7. The van der Waals surface area contributed by atoms with E-state index in [0.29, 0.717) is 11.5 Å². The Hall–Kier alpha value is -1.21. The summed E-state index contributed by atoms with van der Waals surface area (Å²) in [4.78, 5) is 12.3. The summed E-state index contributed by atoms with van der Waals surface area (Å²) in [5.74, 6) is 0.384. The summed E-state index contributed by atoms with van der Waals surface area (Å²) in [6.07, 6.45) is 6.32. The molecule has 0 radical (unpaired) electrons. The van der Waals surface area contributed by atoms with E-state index in [9.17, 15) is 0 Å². The molecule has 0 bridgehead atoms. The summed E-state index contributed by atoms with van der Waals surface area (Å²) in [7, 11) is 0. The summed E-state index contributed by atoms with van der Waals surface area (Å²) < 4.78 is 2.07. The van der Waals surface area contributed by atoms with Crippen molar-refractivity contribution in [1.82, 2.24) is 19.5 Å². The van der Waals surface area contributed by atoms with E-state index >= 15 is 0 Å². The van der Waals surface area contributed by atoms with E-state index in [2.05, 4.69) is 50.2 Å². The molecule has 0 spiro atoms. The summed E-state index contributed by atoms with van der Waals surface area (Å²) in [6.45, 7) is 5.16. The number of halogens is 1. The van der Waals surface area contributed by atoms with Gasteiger partial charge in [-0.05, 0) is 19.8 Å². The van der Waals surface area contributed by atoms with Gasteiger partial charge < -0.3 is 4.57 Å². The van der Waals surface area contributed by atoms with Gasteiger partial charge in [-0.2, -0.15) is 0 Å². The van der Waals surface area contributed by atoms with Crippen LogP contribution in [0.2, 0.25) is 0 Å². The van der Waals surface area contributed by atoms with Gasteiger partial charge in [0.15, 0.2) is 11.5 Å². The molecule has 2 aromatic rings. The first-order valence-corrected chi connectivity index (χ1v) is 7.11. The Morgan fingerprint density at radius 1 is 1.37 bits per heavy atom. The predicted octanol–water partition coefficient (Wildman–Crippen LogP) is 2.97. The molecule has 2 heterocycles. The topological polar surface area (TPSA) is 75.9 Å². The fraction of sp³-hybridized carbons (Fsp3) is 0.583. The Kier molecular flexibility index (Phi) is 4.36. The standard InChI is InChI=1S/C12H18BrN5O/c1-3-4-12(2,13)5-6-18-8-16-10-9(18)11(17-19)15-7-14-10/h7-8,19H,3-6H2,1-2H3,(H,14,15,17). The second-order valence-corrected chi connectivity index (χ2v) is 6.77. The van der Waals surface area contributed by atoms with E-state index in [1.54, 1.807) is 6.33 Å². The van der Waals surface area contributed by atoms with Crippen molar-refractivity contribution in [3.8, 4) is 0 Å². The molecule has 104 valence electrons. The van der Waals surface area contributed by atoms with Gasteiger partial charge in [0.05, 0.1) is 6.33 Å². The van der Waals surface area contributed by atoms with Crippen LogP contribution in [0.5, 0.6) is 0 Å². The lowest BCUT2D eigenvalue weighted by Gasteiger charge is -2.22. The molecular weight excluding hydrogens is 310 g/mol. The summed E-state index contributed by atoms with van der Waals surface area (Å²) in [6, 6.07) is 0. The van der Waals surface area contributed by atoms with Gasteiger partial charge in [0.1, 0.15) is 11.8 Å². The second-order valence-electron chi connectivity index (χ2n) is 4.86. The lowest BCUT2D eigenvalue weighted by Crippen LogP contribution is -2.18. The maximum Gasteiger partial charge on any atom is 0.183 e. The van der Waals surface area contributed by atoms with Gasteiger partial charge in [0, 0.05) is 10.9 Å². The Bertz CT molecular complexity index is 554. The van der Waals surface area contributed by atoms with Crippen LogP contribution < -0.4 is 5.48 Å². The van der Waals surface area contributed by atoms with Gasteiger partial charge in [-0.15, -0.1) is 0 Å². The van der Waals surface area contributed by atoms with Crippen molar-refractivity contribution in [3.63, 3.8) is 0 Å². The molecular formula is C12H18BrN5O. The number of imidazole rings is 1. The molecule has 2 aromatic heterocycles. The Labute approximate surface area is 120 Å². The molecule has 1 atom stereocenters. The third-order valence-electron chi connectivity index (χ3n) is 3.16. The molecule has 0 amide bonds. The van der Waals surface area contributed by atoms with Crippen LogP contribution in [0.4, 0.5) is 5.82 Å². The zero-order chi connectivity index (χ0) is 13.9. The predicted molar refractivity (Wildman–Crippen MR) is 77.6 cm³/mol. The third-order valence-corrected chi connectivity index (χ3v) is 3.95. The first-order valence-electron chi connectivity index (χ1n) is 6.32. The maximum absolute atomic E-state index is 9.10. The van der Waals surface area contributed by atoms with Gasteiger partial charge in [-0.1, -0.05) is 29.3 Å². The van der Waals surface area contributed by atoms with Crippen LogP contribution in [0.15, 0.2) is 12.7 Å². The summed E-state index contributed by atoms with van der Waals surface area (Å²) in [5, 5.41) is 9.10. The van der Waals surface area contributed by atoms with Gasteiger partial charge in [0.25, 0.3) is 0 Å². The van der Waals surface area contributed by atoms with Crippen molar-refractivity contribution < 1.29 is 5.21 Å². The molecule has 19 heavy (non-hydrogen) atoms. The highest BCUT2D eigenvalue weighted by molar-refractivity contribution is 9.10. The van der Waals surface area contributed by atoms with Gasteiger partial charge in [0.2, 0.25) is 0 Å². The van der Waals surface area contributed by atoms with Crippen LogP contribution in [-0.4, -0.2) is 29.1 Å². The molecule has 0 saturated carbocycles. The fourth-order valence-corrected chi connectivity index (χ4v) is 2.74. The highest BCUT2D eigenvalue weighted by Gasteiger charge is 2.20. The van der Waals surface area contributed by atoms with Gasteiger partial charge in [-0.25, -0.2) is 15.0 Å². The number of fused-ring (bicyclic) bond motifs is 1. The van der Waals surface area contributed by atoms with E-state index in [1.807, 2.05) is 4.57 Å². The molecule has 0 aliphatic heterocycles. The van der Waals surface area contributed by atoms with Crippen LogP contribution in [0.25, 0.3) is 11.2 Å². The molecule has 1 unspecified atom stereocenters. The Morgan fingerprint density at radius 2 is 2.16 bits per heavy atom. The molecule has 0 aromatic carbocycles. The average molecular weight is 328 g/mol. The summed E-state index contributed by atoms with van der Waals surface area (Å²) >= 11 is 3.76. The minimum Gasteiger partial charge on any atom is -0.326 e. The summed E-state index contributed by atoms with van der Waals surface area (Å²) in [5.41, 5.74) is 3.40. The molecule has 6 nitrogen and oxygen atoms in total. The quantitative estimate of drug-likeness (QED) is 0.630. The van der Waals surface area contributed by atoms with Crippen molar-refractivity contribution in [2.75, 3.05) is 5.48 Å². The Morgan fingerprint density at radius 3 is 2.84 bits per heavy atom. The van der Waals surface area contributed by atoms with Crippen LogP contribution in [0.1, 0.15) is 33.1 Å². The van der Waals surface area contributed by atoms with E-state index in [4.69, 9.17) is 5.21 Å². The molecule has 0 aliphatic rings. The maximum atomic E-state index is 9.10. The lowest BCUT2D eigenvalue weighted by atomic mass is 10.0. The number of nitrogens with one attached hydrogen (secondary N) is 1. The zero-order valence-electron chi connectivity index (χ0n) is 11.1. The minimum atomic E-state index is 0.112. The number of hydrogen-bond acceptors (Lipinski definition) is 5. The van der Waals surface area contributed by atoms with Crippen LogP contribution in [-0.2, 0) is 6.54 Å².